The normalized spacial score (nSPS) is 12.5. The summed E-state index contributed by atoms with van der Waals surface area (Å²) in [6.07, 6.45) is 0. The zero-order chi connectivity index (χ0) is 8.97. The van der Waals surface area contributed by atoms with E-state index >= 15 is 0 Å². The highest BCUT2D eigenvalue weighted by Crippen LogP contribution is 2.15. The van der Waals surface area contributed by atoms with Gasteiger partial charge in [-0.25, -0.2) is 0 Å². The molecule has 0 fully saturated rings. The summed E-state index contributed by atoms with van der Waals surface area (Å²) in [5, 5.41) is 9.58. The van der Waals surface area contributed by atoms with Crippen molar-refractivity contribution in [2.45, 2.75) is 6.92 Å². The van der Waals surface area contributed by atoms with Gasteiger partial charge >= 0.3 is 0 Å². The quantitative estimate of drug-likeness (QED) is 0.550. The van der Waals surface area contributed by atoms with Gasteiger partial charge in [0.05, 0.1) is 0 Å². The van der Waals surface area contributed by atoms with Crippen molar-refractivity contribution in [3.63, 3.8) is 0 Å². The third-order valence-electron chi connectivity index (χ3n) is 1.65. The Balaban J connectivity index is 3.00. The number of rotatable bonds is 2. The molecule has 0 spiro atoms. The molecule has 1 aromatic carbocycles. The number of aliphatic hydroxyl groups excluding tert-OH is 1. The second-order valence-electron chi connectivity index (χ2n) is 2.63. The standard InChI is InChI=1S/C10H11ClO/c1-8(7-11)10(12)9-5-3-2-4-6-9/h2-6,12H,7H2,1H3. The molecule has 0 aliphatic rings. The van der Waals surface area contributed by atoms with E-state index in [9.17, 15) is 5.11 Å². The van der Waals surface area contributed by atoms with E-state index in [0.717, 1.165) is 11.1 Å². The van der Waals surface area contributed by atoms with Crippen molar-refractivity contribution >= 4 is 17.4 Å². The second kappa shape index (κ2) is 4.17. The van der Waals surface area contributed by atoms with Crippen molar-refractivity contribution in [2.75, 3.05) is 5.88 Å². The SMILES string of the molecule is CC(CCl)=C(O)c1ccccc1. The first-order chi connectivity index (χ1) is 5.75. The molecule has 1 rings (SSSR count). The van der Waals surface area contributed by atoms with E-state index in [2.05, 4.69) is 0 Å². The maximum Gasteiger partial charge on any atom is 0.122 e. The highest BCUT2D eigenvalue weighted by atomic mass is 35.5. The zero-order valence-corrected chi connectivity index (χ0v) is 7.67. The van der Waals surface area contributed by atoms with Crippen LogP contribution in [0.2, 0.25) is 0 Å². The minimum atomic E-state index is 0.283. The van der Waals surface area contributed by atoms with Crippen molar-refractivity contribution in [3.05, 3.63) is 41.5 Å². The van der Waals surface area contributed by atoms with Gasteiger partial charge in [-0.2, -0.15) is 0 Å². The Kier molecular flexibility index (Phi) is 3.18. The predicted octanol–water partition coefficient (Wildman–Crippen LogP) is 3.21. The van der Waals surface area contributed by atoms with Gasteiger partial charge in [-0.05, 0) is 12.5 Å². The second-order valence-corrected chi connectivity index (χ2v) is 2.90. The number of benzene rings is 1. The molecule has 1 nitrogen and oxygen atoms in total. The minimum Gasteiger partial charge on any atom is -0.507 e. The molecule has 0 aromatic heterocycles. The van der Waals surface area contributed by atoms with Crippen LogP contribution in [-0.4, -0.2) is 11.0 Å². The summed E-state index contributed by atoms with van der Waals surface area (Å²) in [6, 6.07) is 9.38. The molecule has 0 radical (unpaired) electrons. The topological polar surface area (TPSA) is 20.2 Å². The summed E-state index contributed by atoms with van der Waals surface area (Å²) in [4.78, 5) is 0. The first kappa shape index (κ1) is 9.14. The Labute approximate surface area is 77.3 Å². The summed E-state index contributed by atoms with van der Waals surface area (Å²) in [6.45, 7) is 1.81. The lowest BCUT2D eigenvalue weighted by atomic mass is 10.1. The van der Waals surface area contributed by atoms with Gasteiger partial charge in [0.2, 0.25) is 0 Å². The molecule has 0 bridgehead atoms. The summed E-state index contributed by atoms with van der Waals surface area (Å²) in [7, 11) is 0. The van der Waals surface area contributed by atoms with E-state index in [1.54, 1.807) is 0 Å². The molecule has 0 saturated carbocycles. The van der Waals surface area contributed by atoms with Crippen LogP contribution in [0.15, 0.2) is 35.9 Å². The number of hydrogen-bond donors (Lipinski definition) is 1. The van der Waals surface area contributed by atoms with E-state index in [1.165, 1.54) is 0 Å². The Morgan fingerprint density at radius 3 is 2.42 bits per heavy atom. The van der Waals surface area contributed by atoms with Gasteiger partial charge in [-0.1, -0.05) is 30.3 Å². The highest BCUT2D eigenvalue weighted by Gasteiger charge is 2.00. The smallest absolute Gasteiger partial charge is 0.122 e. The Bertz CT molecular complexity index is 277. The molecule has 64 valence electrons. The van der Waals surface area contributed by atoms with Crippen molar-refractivity contribution in [2.24, 2.45) is 0 Å². The number of hydrogen-bond acceptors (Lipinski definition) is 1. The Morgan fingerprint density at radius 1 is 1.33 bits per heavy atom. The lowest BCUT2D eigenvalue weighted by Crippen LogP contribution is -1.88. The van der Waals surface area contributed by atoms with Crippen LogP contribution in [0, 0.1) is 0 Å². The third kappa shape index (κ3) is 2.02. The molecular weight excluding hydrogens is 172 g/mol. The van der Waals surface area contributed by atoms with Gasteiger partial charge in [0, 0.05) is 11.4 Å². The van der Waals surface area contributed by atoms with Crippen LogP contribution in [0.5, 0.6) is 0 Å². The Hall–Kier alpha value is -0.950. The molecule has 0 heterocycles. The van der Waals surface area contributed by atoms with Crippen LogP contribution in [0.25, 0.3) is 5.76 Å². The van der Waals surface area contributed by atoms with Crippen LogP contribution in [0.1, 0.15) is 12.5 Å². The van der Waals surface area contributed by atoms with Gasteiger partial charge in [0.25, 0.3) is 0 Å². The van der Waals surface area contributed by atoms with Gasteiger partial charge in [-0.15, -0.1) is 11.6 Å². The van der Waals surface area contributed by atoms with Crippen molar-refractivity contribution in [3.8, 4) is 0 Å². The number of halogens is 1. The van der Waals surface area contributed by atoms with Gasteiger partial charge in [0.15, 0.2) is 0 Å². The third-order valence-corrected chi connectivity index (χ3v) is 2.05. The van der Waals surface area contributed by atoms with Crippen molar-refractivity contribution in [1.82, 2.24) is 0 Å². The fourth-order valence-corrected chi connectivity index (χ4v) is 1.03. The molecule has 0 atom stereocenters. The molecular formula is C10H11ClO. The summed E-state index contributed by atoms with van der Waals surface area (Å²) in [5.41, 5.74) is 1.61. The number of alkyl halides is 1. The van der Waals surface area contributed by atoms with E-state index in [4.69, 9.17) is 11.6 Å². The minimum absolute atomic E-state index is 0.283. The molecule has 2 heteroatoms. The molecule has 0 unspecified atom stereocenters. The molecule has 0 amide bonds. The Morgan fingerprint density at radius 2 is 1.92 bits per heavy atom. The summed E-state index contributed by atoms with van der Waals surface area (Å²) in [5.74, 6) is 0.645. The van der Waals surface area contributed by atoms with E-state index in [0.29, 0.717) is 5.88 Å². The van der Waals surface area contributed by atoms with Crippen LogP contribution in [0.3, 0.4) is 0 Å². The lowest BCUT2D eigenvalue weighted by molar-refractivity contribution is 0.506. The highest BCUT2D eigenvalue weighted by molar-refractivity contribution is 6.19. The molecule has 0 aliphatic heterocycles. The largest absolute Gasteiger partial charge is 0.507 e. The van der Waals surface area contributed by atoms with Crippen LogP contribution in [-0.2, 0) is 0 Å². The maximum absolute atomic E-state index is 9.58. The fourth-order valence-electron chi connectivity index (χ4n) is 0.906. The number of allylic oxidation sites excluding steroid dienone is 1. The van der Waals surface area contributed by atoms with Crippen molar-refractivity contribution < 1.29 is 5.11 Å². The van der Waals surface area contributed by atoms with Gasteiger partial charge < -0.3 is 5.11 Å². The van der Waals surface area contributed by atoms with Crippen LogP contribution >= 0.6 is 11.6 Å². The molecule has 1 aromatic rings. The zero-order valence-electron chi connectivity index (χ0n) is 6.92. The molecule has 0 saturated heterocycles. The monoisotopic (exact) mass is 182 g/mol. The molecule has 0 aliphatic carbocycles. The lowest BCUT2D eigenvalue weighted by Gasteiger charge is -2.02. The van der Waals surface area contributed by atoms with E-state index < -0.39 is 0 Å². The van der Waals surface area contributed by atoms with Crippen LogP contribution in [0.4, 0.5) is 0 Å². The first-order valence-corrected chi connectivity index (χ1v) is 4.29. The predicted molar refractivity (Wildman–Crippen MR) is 52.4 cm³/mol. The van der Waals surface area contributed by atoms with E-state index in [-0.39, 0.29) is 5.76 Å². The average molecular weight is 183 g/mol. The maximum atomic E-state index is 9.58. The van der Waals surface area contributed by atoms with Gasteiger partial charge in [0.1, 0.15) is 5.76 Å². The van der Waals surface area contributed by atoms with Crippen molar-refractivity contribution in [1.29, 1.82) is 0 Å². The summed E-state index contributed by atoms with van der Waals surface area (Å²) >= 11 is 5.58. The molecule has 12 heavy (non-hydrogen) atoms. The number of aliphatic hydroxyl groups is 1. The van der Waals surface area contributed by atoms with Crippen LogP contribution < -0.4 is 0 Å². The average Bonchev–Trinajstić information content (AvgIpc) is 2.17. The molecule has 1 N–H and O–H groups in total. The first-order valence-electron chi connectivity index (χ1n) is 3.76. The fraction of sp³-hybridized carbons (Fsp3) is 0.200. The summed E-state index contributed by atoms with van der Waals surface area (Å²) < 4.78 is 0. The van der Waals surface area contributed by atoms with E-state index in [1.807, 2.05) is 37.3 Å². The van der Waals surface area contributed by atoms with Gasteiger partial charge in [-0.3, -0.25) is 0 Å².